The normalized spacial score (nSPS) is 19.0. The van der Waals surface area contributed by atoms with Crippen molar-refractivity contribution in [3.05, 3.63) is 21.5 Å². The number of nitrogens with zero attached hydrogens (tertiary/aromatic N) is 1. The lowest BCUT2D eigenvalue weighted by Crippen LogP contribution is -2.38. The van der Waals surface area contributed by atoms with E-state index in [2.05, 4.69) is 18.7 Å². The van der Waals surface area contributed by atoms with Crippen molar-refractivity contribution in [2.45, 2.75) is 33.1 Å². The first-order valence-corrected chi connectivity index (χ1v) is 7.52. The highest BCUT2D eigenvalue weighted by atomic mass is 127. The molecule has 4 heteroatoms. The Morgan fingerprint density at radius 1 is 1.39 bits per heavy atom. The molecule has 18 heavy (non-hydrogen) atoms. The quantitative estimate of drug-likeness (QED) is 0.636. The lowest BCUT2D eigenvalue weighted by molar-refractivity contribution is 0.238. The van der Waals surface area contributed by atoms with Gasteiger partial charge in [-0.2, -0.15) is 0 Å². The minimum atomic E-state index is -0.177. The van der Waals surface area contributed by atoms with Gasteiger partial charge in [0.05, 0.1) is 14.9 Å². The molecule has 1 aliphatic rings. The van der Waals surface area contributed by atoms with Crippen LogP contribution in [0.15, 0.2) is 12.1 Å². The first-order valence-electron chi connectivity index (χ1n) is 6.45. The Bertz CT molecular complexity index is 440. The van der Waals surface area contributed by atoms with E-state index in [9.17, 15) is 4.39 Å². The molecule has 0 amide bonds. The van der Waals surface area contributed by atoms with Crippen LogP contribution in [0.3, 0.4) is 0 Å². The first kappa shape index (κ1) is 13.9. The Balaban J connectivity index is 2.17. The summed E-state index contributed by atoms with van der Waals surface area (Å²) in [5.41, 5.74) is 7.98. The van der Waals surface area contributed by atoms with E-state index in [4.69, 9.17) is 5.73 Å². The molecule has 2 N–H and O–H groups in total. The second-order valence-electron chi connectivity index (χ2n) is 5.48. The fourth-order valence-electron chi connectivity index (χ4n) is 2.47. The maximum atomic E-state index is 13.6. The maximum Gasteiger partial charge on any atom is 0.138 e. The topological polar surface area (TPSA) is 29.3 Å². The van der Waals surface area contributed by atoms with Crippen molar-refractivity contribution >= 4 is 34.0 Å². The van der Waals surface area contributed by atoms with Crippen molar-refractivity contribution in [2.75, 3.05) is 23.7 Å². The second kappa shape index (κ2) is 5.23. The number of anilines is 2. The lowest BCUT2D eigenvalue weighted by atomic mass is 9.78. The number of piperidine rings is 1. The highest BCUT2D eigenvalue weighted by Crippen LogP contribution is 2.37. The summed E-state index contributed by atoms with van der Waals surface area (Å²) >= 11 is 1.98. The van der Waals surface area contributed by atoms with E-state index in [0.29, 0.717) is 14.7 Å². The standard InChI is InChI=1S/C14H20FIN2/c1-3-14(2)4-6-18(7-5-14)13-8-10(15)11(16)9-12(13)17/h8-9H,3-7,17H2,1-2H3. The first-order chi connectivity index (χ1) is 8.45. The van der Waals surface area contributed by atoms with Gasteiger partial charge in [-0.05, 0) is 46.9 Å². The third-order valence-corrected chi connectivity index (χ3v) is 5.06. The molecule has 1 saturated heterocycles. The van der Waals surface area contributed by atoms with Crippen molar-refractivity contribution in [1.29, 1.82) is 0 Å². The van der Waals surface area contributed by atoms with E-state index in [1.165, 1.54) is 6.42 Å². The minimum absolute atomic E-state index is 0.177. The molecular formula is C14H20FIN2. The molecule has 1 heterocycles. The molecule has 0 saturated carbocycles. The summed E-state index contributed by atoms with van der Waals surface area (Å²) in [5.74, 6) is -0.177. The van der Waals surface area contributed by atoms with Crippen molar-refractivity contribution < 1.29 is 4.39 Å². The summed E-state index contributed by atoms with van der Waals surface area (Å²) in [5, 5.41) is 0. The van der Waals surface area contributed by atoms with E-state index in [-0.39, 0.29) is 5.82 Å². The number of hydrogen-bond acceptors (Lipinski definition) is 2. The van der Waals surface area contributed by atoms with Gasteiger partial charge in [0.2, 0.25) is 0 Å². The SMILES string of the molecule is CCC1(C)CCN(c2cc(F)c(I)cc2N)CC1. The van der Waals surface area contributed by atoms with Crippen LogP contribution in [0, 0.1) is 14.8 Å². The van der Waals surface area contributed by atoms with Gasteiger partial charge in [-0.3, -0.25) is 0 Å². The molecule has 0 aliphatic carbocycles. The average molecular weight is 362 g/mol. The zero-order chi connectivity index (χ0) is 13.3. The van der Waals surface area contributed by atoms with Gasteiger partial charge in [-0.25, -0.2) is 4.39 Å². The van der Waals surface area contributed by atoms with Crippen LogP contribution in [0.1, 0.15) is 33.1 Å². The molecule has 0 aromatic heterocycles. The fourth-order valence-corrected chi connectivity index (χ4v) is 2.96. The Kier molecular flexibility index (Phi) is 4.04. The van der Waals surface area contributed by atoms with E-state index in [1.807, 2.05) is 22.6 Å². The molecule has 1 aliphatic heterocycles. The van der Waals surface area contributed by atoms with Crippen LogP contribution >= 0.6 is 22.6 Å². The largest absolute Gasteiger partial charge is 0.397 e. The highest BCUT2D eigenvalue weighted by Gasteiger charge is 2.29. The van der Waals surface area contributed by atoms with E-state index >= 15 is 0 Å². The van der Waals surface area contributed by atoms with Crippen molar-refractivity contribution in [2.24, 2.45) is 5.41 Å². The summed E-state index contributed by atoms with van der Waals surface area (Å²) in [6.07, 6.45) is 3.50. The van der Waals surface area contributed by atoms with Gasteiger partial charge in [-0.1, -0.05) is 20.3 Å². The van der Waals surface area contributed by atoms with Crippen LogP contribution in [0.5, 0.6) is 0 Å². The smallest absolute Gasteiger partial charge is 0.138 e. The second-order valence-corrected chi connectivity index (χ2v) is 6.64. The van der Waals surface area contributed by atoms with Gasteiger partial charge >= 0.3 is 0 Å². The number of halogens is 2. The Morgan fingerprint density at radius 3 is 2.56 bits per heavy atom. The molecule has 1 aromatic carbocycles. The summed E-state index contributed by atoms with van der Waals surface area (Å²) in [4.78, 5) is 2.21. The van der Waals surface area contributed by atoms with E-state index < -0.39 is 0 Å². The van der Waals surface area contributed by atoms with Crippen LogP contribution in [-0.4, -0.2) is 13.1 Å². The predicted molar refractivity (Wildman–Crippen MR) is 83.4 cm³/mol. The van der Waals surface area contributed by atoms with E-state index in [1.54, 1.807) is 12.1 Å². The Hall–Kier alpha value is -0.520. The average Bonchev–Trinajstić information content (AvgIpc) is 2.35. The van der Waals surface area contributed by atoms with E-state index in [0.717, 1.165) is 31.6 Å². The Morgan fingerprint density at radius 2 is 2.00 bits per heavy atom. The van der Waals surface area contributed by atoms with Crippen LogP contribution in [0.25, 0.3) is 0 Å². The van der Waals surface area contributed by atoms with Crippen LogP contribution in [0.4, 0.5) is 15.8 Å². The van der Waals surface area contributed by atoms with Crippen molar-refractivity contribution in [3.8, 4) is 0 Å². The molecule has 2 rings (SSSR count). The summed E-state index contributed by atoms with van der Waals surface area (Å²) in [7, 11) is 0. The summed E-state index contributed by atoms with van der Waals surface area (Å²) < 4.78 is 14.2. The molecule has 0 spiro atoms. The van der Waals surface area contributed by atoms with Crippen molar-refractivity contribution in [1.82, 2.24) is 0 Å². The van der Waals surface area contributed by atoms with Crippen molar-refractivity contribution in [3.63, 3.8) is 0 Å². The highest BCUT2D eigenvalue weighted by molar-refractivity contribution is 14.1. The van der Waals surface area contributed by atoms with Crippen LogP contribution in [0.2, 0.25) is 0 Å². The number of nitrogen functional groups attached to an aromatic ring is 1. The lowest BCUT2D eigenvalue weighted by Gasteiger charge is -2.40. The molecule has 1 fully saturated rings. The number of nitrogens with two attached hydrogens (primary N) is 1. The zero-order valence-electron chi connectivity index (χ0n) is 11.0. The maximum absolute atomic E-state index is 13.6. The molecular weight excluding hydrogens is 342 g/mol. The van der Waals surface area contributed by atoms with Gasteiger partial charge in [0.1, 0.15) is 5.82 Å². The van der Waals surface area contributed by atoms with Crippen LogP contribution < -0.4 is 10.6 Å². The van der Waals surface area contributed by atoms with Gasteiger partial charge in [-0.15, -0.1) is 0 Å². The third-order valence-electron chi connectivity index (χ3n) is 4.23. The molecule has 2 nitrogen and oxygen atoms in total. The van der Waals surface area contributed by atoms with Gasteiger partial charge in [0, 0.05) is 19.2 Å². The molecule has 0 bridgehead atoms. The van der Waals surface area contributed by atoms with Gasteiger partial charge in [0.25, 0.3) is 0 Å². The molecule has 1 aromatic rings. The molecule has 0 radical (unpaired) electrons. The Labute approximate surface area is 122 Å². The fraction of sp³-hybridized carbons (Fsp3) is 0.571. The summed E-state index contributed by atoms with van der Waals surface area (Å²) in [6.45, 7) is 6.51. The molecule has 0 unspecified atom stereocenters. The number of rotatable bonds is 2. The predicted octanol–water partition coefficient (Wildman–Crippen LogP) is 4.03. The monoisotopic (exact) mass is 362 g/mol. The molecule has 100 valence electrons. The minimum Gasteiger partial charge on any atom is -0.397 e. The van der Waals surface area contributed by atoms with Gasteiger partial charge in [0.15, 0.2) is 0 Å². The number of hydrogen-bond donors (Lipinski definition) is 1. The van der Waals surface area contributed by atoms with Gasteiger partial charge < -0.3 is 10.6 Å². The summed E-state index contributed by atoms with van der Waals surface area (Å²) in [6, 6.07) is 3.30. The van der Waals surface area contributed by atoms with Crippen LogP contribution in [-0.2, 0) is 0 Å². The number of benzene rings is 1. The zero-order valence-corrected chi connectivity index (χ0v) is 13.1. The molecule has 0 atom stereocenters. The third kappa shape index (κ3) is 2.73.